The first-order chi connectivity index (χ1) is 9.85. The summed E-state index contributed by atoms with van der Waals surface area (Å²) in [6, 6.07) is 8.44. The normalized spacial score (nSPS) is 15.7. The van der Waals surface area contributed by atoms with Gasteiger partial charge in [0.15, 0.2) is 0 Å². The molecule has 1 aliphatic carbocycles. The number of aromatic nitrogens is 2. The molecule has 0 saturated heterocycles. The summed E-state index contributed by atoms with van der Waals surface area (Å²) in [6.45, 7) is 1.67. The van der Waals surface area contributed by atoms with Gasteiger partial charge in [0.25, 0.3) is 0 Å². The lowest BCUT2D eigenvalue weighted by atomic mass is 9.89. The largest absolute Gasteiger partial charge is 0.326 e. The van der Waals surface area contributed by atoms with Gasteiger partial charge in [-0.15, -0.1) is 12.4 Å². The zero-order chi connectivity index (χ0) is 13.8. The molecule has 1 aromatic carbocycles. The molecule has 1 heterocycles. The van der Waals surface area contributed by atoms with Crippen molar-refractivity contribution in [2.75, 3.05) is 0 Å². The van der Waals surface area contributed by atoms with Crippen molar-refractivity contribution in [2.24, 2.45) is 11.7 Å². The highest BCUT2D eigenvalue weighted by Crippen LogP contribution is 2.26. The molecule has 3 nitrogen and oxygen atoms in total. The van der Waals surface area contributed by atoms with Crippen LogP contribution in [0.5, 0.6) is 0 Å². The Morgan fingerprint density at radius 1 is 1.05 bits per heavy atom. The minimum Gasteiger partial charge on any atom is -0.326 e. The molecular weight excluding hydrogens is 282 g/mol. The molecule has 0 amide bonds. The van der Waals surface area contributed by atoms with E-state index in [0.29, 0.717) is 6.54 Å². The average molecular weight is 306 g/mol. The molecule has 0 bridgehead atoms. The first-order valence-electron chi connectivity index (χ1n) is 7.67. The third-order valence-electron chi connectivity index (χ3n) is 4.33. The van der Waals surface area contributed by atoms with Gasteiger partial charge in [0.1, 0.15) is 0 Å². The van der Waals surface area contributed by atoms with E-state index in [1.807, 2.05) is 6.20 Å². The molecule has 0 radical (unpaired) electrons. The molecule has 2 N–H and O–H groups in total. The Morgan fingerprint density at radius 3 is 2.43 bits per heavy atom. The summed E-state index contributed by atoms with van der Waals surface area (Å²) in [4.78, 5) is 0. The summed E-state index contributed by atoms with van der Waals surface area (Å²) in [6.07, 6.45) is 11.1. The van der Waals surface area contributed by atoms with Crippen LogP contribution in [0.2, 0.25) is 0 Å². The zero-order valence-electron chi connectivity index (χ0n) is 12.4. The van der Waals surface area contributed by atoms with Gasteiger partial charge in [-0.3, -0.25) is 4.68 Å². The molecule has 1 aliphatic rings. The lowest BCUT2D eigenvalue weighted by Gasteiger charge is -2.21. The van der Waals surface area contributed by atoms with Crippen molar-refractivity contribution in [2.45, 2.75) is 45.2 Å². The quantitative estimate of drug-likeness (QED) is 0.927. The summed E-state index contributed by atoms with van der Waals surface area (Å²) in [5.74, 6) is 0.816. The molecule has 1 fully saturated rings. The number of benzene rings is 1. The predicted molar refractivity (Wildman–Crippen MR) is 89.4 cm³/mol. The van der Waals surface area contributed by atoms with E-state index in [1.165, 1.54) is 48.8 Å². The number of nitrogens with zero attached hydrogens (tertiary/aromatic N) is 2. The van der Waals surface area contributed by atoms with Crippen LogP contribution in [-0.4, -0.2) is 9.78 Å². The second-order valence-corrected chi connectivity index (χ2v) is 5.86. The van der Waals surface area contributed by atoms with Crippen LogP contribution >= 0.6 is 12.4 Å². The van der Waals surface area contributed by atoms with Gasteiger partial charge in [0.2, 0.25) is 0 Å². The van der Waals surface area contributed by atoms with Gasteiger partial charge in [-0.1, -0.05) is 43.5 Å². The van der Waals surface area contributed by atoms with Crippen molar-refractivity contribution in [3.05, 3.63) is 42.2 Å². The van der Waals surface area contributed by atoms with E-state index in [4.69, 9.17) is 5.73 Å². The fraction of sp³-hybridized carbons (Fsp3) is 0.471. The zero-order valence-corrected chi connectivity index (χ0v) is 13.2. The first-order valence-corrected chi connectivity index (χ1v) is 7.67. The summed E-state index contributed by atoms with van der Waals surface area (Å²) in [5, 5.41) is 4.52. The highest BCUT2D eigenvalue weighted by Gasteiger charge is 2.14. The second kappa shape index (κ2) is 7.62. The summed E-state index contributed by atoms with van der Waals surface area (Å²) >= 11 is 0. The molecule has 0 atom stereocenters. The summed E-state index contributed by atoms with van der Waals surface area (Å²) in [7, 11) is 0. The highest BCUT2D eigenvalue weighted by atomic mass is 35.5. The maximum atomic E-state index is 5.63. The van der Waals surface area contributed by atoms with Crippen molar-refractivity contribution in [1.29, 1.82) is 0 Å². The Balaban J connectivity index is 0.00000161. The van der Waals surface area contributed by atoms with Crippen molar-refractivity contribution in [3.63, 3.8) is 0 Å². The third kappa shape index (κ3) is 4.08. The highest BCUT2D eigenvalue weighted by molar-refractivity contribution is 5.85. The van der Waals surface area contributed by atoms with Crippen LogP contribution in [0, 0.1) is 5.92 Å². The van der Waals surface area contributed by atoms with Gasteiger partial charge in [0, 0.05) is 24.8 Å². The van der Waals surface area contributed by atoms with Crippen LogP contribution in [0.3, 0.4) is 0 Å². The van der Waals surface area contributed by atoms with E-state index in [2.05, 4.69) is 40.2 Å². The first kappa shape index (κ1) is 16.1. The summed E-state index contributed by atoms with van der Waals surface area (Å²) < 4.78 is 2.11. The fourth-order valence-electron chi connectivity index (χ4n) is 3.08. The molecule has 0 spiro atoms. The molecule has 0 unspecified atom stereocenters. The van der Waals surface area contributed by atoms with E-state index >= 15 is 0 Å². The van der Waals surface area contributed by atoms with Crippen LogP contribution < -0.4 is 5.73 Å². The van der Waals surface area contributed by atoms with Gasteiger partial charge in [-0.05, 0) is 29.9 Å². The van der Waals surface area contributed by atoms with Gasteiger partial charge < -0.3 is 5.73 Å². The predicted octanol–water partition coefficient (Wildman–Crippen LogP) is 4.01. The maximum absolute atomic E-state index is 5.63. The monoisotopic (exact) mass is 305 g/mol. The molecule has 0 aliphatic heterocycles. The Labute approximate surface area is 133 Å². The second-order valence-electron chi connectivity index (χ2n) is 5.86. The van der Waals surface area contributed by atoms with Gasteiger partial charge in [0.05, 0.1) is 6.20 Å². The minimum atomic E-state index is 0. The molecule has 4 heteroatoms. The number of hydrogen-bond acceptors (Lipinski definition) is 2. The van der Waals surface area contributed by atoms with E-state index in [0.717, 1.165) is 12.5 Å². The molecule has 21 heavy (non-hydrogen) atoms. The molecule has 114 valence electrons. The molecule has 1 saturated carbocycles. The maximum Gasteiger partial charge on any atom is 0.0568 e. The topological polar surface area (TPSA) is 43.8 Å². The number of nitrogens with two attached hydrogens (primary N) is 1. The summed E-state index contributed by atoms with van der Waals surface area (Å²) in [5.41, 5.74) is 9.22. The fourth-order valence-corrected chi connectivity index (χ4v) is 3.08. The minimum absolute atomic E-state index is 0. The molecule has 1 aromatic heterocycles. The van der Waals surface area contributed by atoms with Gasteiger partial charge >= 0.3 is 0 Å². The Hall–Kier alpha value is -1.32. The van der Waals surface area contributed by atoms with E-state index in [-0.39, 0.29) is 12.4 Å². The van der Waals surface area contributed by atoms with E-state index < -0.39 is 0 Å². The van der Waals surface area contributed by atoms with Crippen molar-refractivity contribution >= 4 is 12.4 Å². The lowest BCUT2D eigenvalue weighted by Crippen LogP contribution is -2.14. The van der Waals surface area contributed by atoms with Crippen molar-refractivity contribution < 1.29 is 0 Å². The van der Waals surface area contributed by atoms with Crippen LogP contribution in [0.1, 0.15) is 37.7 Å². The Morgan fingerprint density at radius 2 is 1.76 bits per heavy atom. The number of hydrogen-bond donors (Lipinski definition) is 1. The van der Waals surface area contributed by atoms with E-state index in [9.17, 15) is 0 Å². The molecular formula is C17H24ClN3. The Bertz CT molecular complexity index is 541. The van der Waals surface area contributed by atoms with Crippen LogP contribution in [-0.2, 0) is 13.1 Å². The van der Waals surface area contributed by atoms with Gasteiger partial charge in [-0.2, -0.15) is 5.10 Å². The Kier molecular flexibility index (Phi) is 5.83. The van der Waals surface area contributed by atoms with Crippen LogP contribution in [0.4, 0.5) is 0 Å². The lowest BCUT2D eigenvalue weighted by molar-refractivity contribution is 0.308. The standard InChI is InChI=1S/C17H23N3.ClH/c18-10-14-6-8-16(9-7-14)17-11-19-20(13-17)12-15-4-2-1-3-5-15;/h6-9,11,13,15H,1-5,10,12,18H2;1H. The van der Waals surface area contributed by atoms with Crippen molar-refractivity contribution in [1.82, 2.24) is 9.78 Å². The number of halogens is 1. The van der Waals surface area contributed by atoms with Crippen molar-refractivity contribution in [3.8, 4) is 11.1 Å². The van der Waals surface area contributed by atoms with E-state index in [1.54, 1.807) is 0 Å². The average Bonchev–Trinajstić information content (AvgIpc) is 2.97. The molecule has 2 aromatic rings. The number of rotatable bonds is 4. The SMILES string of the molecule is Cl.NCc1ccc(-c2cnn(CC3CCCCC3)c2)cc1. The smallest absolute Gasteiger partial charge is 0.0568 e. The van der Waals surface area contributed by atoms with Gasteiger partial charge in [-0.25, -0.2) is 0 Å². The van der Waals surface area contributed by atoms with Crippen LogP contribution in [0.15, 0.2) is 36.7 Å². The third-order valence-corrected chi connectivity index (χ3v) is 4.33. The molecule has 3 rings (SSSR count). The van der Waals surface area contributed by atoms with Crippen LogP contribution in [0.25, 0.3) is 11.1 Å².